The number of piperidine rings is 1. The number of alkyl halides is 2. The van der Waals surface area contributed by atoms with E-state index in [0.29, 0.717) is 23.4 Å². The van der Waals surface area contributed by atoms with Crippen LogP contribution in [0.25, 0.3) is 22.3 Å². The molecule has 0 bridgehead atoms. The zero-order valence-corrected chi connectivity index (χ0v) is 17.8. The number of rotatable bonds is 5. The van der Waals surface area contributed by atoms with E-state index < -0.39 is 11.8 Å². The van der Waals surface area contributed by atoms with Crippen LogP contribution in [-0.2, 0) is 0 Å². The maximum atomic E-state index is 14.3. The third-order valence-electron chi connectivity index (χ3n) is 6.24. The maximum absolute atomic E-state index is 14.3. The Hall–Kier alpha value is -2.91. The number of nitrogens with zero attached hydrogens (tertiary/aromatic N) is 4. The minimum absolute atomic E-state index is 0.115. The van der Waals surface area contributed by atoms with Gasteiger partial charge >= 0.3 is 0 Å². The molecule has 0 spiro atoms. The molecule has 1 atom stereocenters. The lowest BCUT2D eigenvalue weighted by molar-refractivity contribution is -0.0728. The lowest BCUT2D eigenvalue weighted by atomic mass is 9.95. The summed E-state index contributed by atoms with van der Waals surface area (Å²) in [6.07, 6.45) is 3.07. The molecule has 1 unspecified atom stereocenters. The van der Waals surface area contributed by atoms with Crippen LogP contribution in [0.5, 0.6) is 0 Å². The Morgan fingerprint density at radius 2 is 1.81 bits per heavy atom. The van der Waals surface area contributed by atoms with Crippen LogP contribution in [0.3, 0.4) is 0 Å². The average Bonchev–Trinajstić information content (AvgIpc) is 2.83. The number of hydrogen-bond donors (Lipinski definition) is 3. The summed E-state index contributed by atoms with van der Waals surface area (Å²) in [5, 5.41) is 9.56. The zero-order valence-electron chi connectivity index (χ0n) is 17.8. The van der Waals surface area contributed by atoms with Gasteiger partial charge in [0.1, 0.15) is 5.52 Å². The molecule has 32 heavy (non-hydrogen) atoms. The van der Waals surface area contributed by atoms with Gasteiger partial charge in [-0.15, -0.1) is 0 Å². The molecule has 168 valence electrons. The van der Waals surface area contributed by atoms with Gasteiger partial charge in [-0.25, -0.2) is 18.7 Å². The second-order valence-electron chi connectivity index (χ2n) is 8.36. The molecule has 2 saturated heterocycles. The summed E-state index contributed by atoms with van der Waals surface area (Å²) in [6, 6.07) is 10.2. The Kier molecular flexibility index (Phi) is 5.84. The molecular weight excluding hydrogens is 412 g/mol. The minimum Gasteiger partial charge on any atom is -0.369 e. The molecule has 7 nitrogen and oxygen atoms in total. The third kappa shape index (κ3) is 4.35. The van der Waals surface area contributed by atoms with Crippen LogP contribution in [0.15, 0.2) is 42.7 Å². The monoisotopic (exact) mass is 439 g/mol. The number of halogens is 2. The van der Waals surface area contributed by atoms with Gasteiger partial charge < -0.3 is 20.9 Å². The highest BCUT2D eigenvalue weighted by Gasteiger charge is 2.41. The summed E-state index contributed by atoms with van der Waals surface area (Å²) in [7, 11) is 0. The standard InChI is InChI=1S/C23H27F2N7/c24-23(25)5-6-27-14-17(23)15-30-22-21-20(28-7-8-29-21)13-19(31-22)16-1-3-18(4-2-16)32-11-9-26-10-12-32/h1-4,7-8,13,17,26-27H,5-6,9-12,14-15H2,(H,30,31). The number of piperazine rings is 1. The van der Waals surface area contributed by atoms with E-state index in [4.69, 9.17) is 4.98 Å². The molecule has 0 saturated carbocycles. The summed E-state index contributed by atoms with van der Waals surface area (Å²) in [5.41, 5.74) is 4.13. The molecule has 3 N–H and O–H groups in total. The molecule has 2 aromatic heterocycles. The number of anilines is 2. The van der Waals surface area contributed by atoms with E-state index in [0.717, 1.165) is 37.4 Å². The number of pyridine rings is 1. The quantitative estimate of drug-likeness (QED) is 0.564. The van der Waals surface area contributed by atoms with Crippen LogP contribution in [0.1, 0.15) is 6.42 Å². The van der Waals surface area contributed by atoms with Gasteiger partial charge in [0, 0.05) is 75.9 Å². The van der Waals surface area contributed by atoms with Crippen molar-refractivity contribution in [2.24, 2.45) is 5.92 Å². The van der Waals surface area contributed by atoms with E-state index in [1.54, 1.807) is 12.4 Å². The highest BCUT2D eigenvalue weighted by molar-refractivity contribution is 5.88. The van der Waals surface area contributed by atoms with Crippen molar-refractivity contribution in [1.82, 2.24) is 25.6 Å². The first kappa shape index (κ1) is 21.0. The largest absolute Gasteiger partial charge is 0.369 e. The Bertz CT molecular complexity index is 1070. The van der Waals surface area contributed by atoms with Crippen molar-refractivity contribution in [2.75, 3.05) is 56.0 Å². The molecule has 0 aliphatic carbocycles. The number of nitrogens with one attached hydrogen (secondary N) is 3. The van der Waals surface area contributed by atoms with Gasteiger partial charge in [0.2, 0.25) is 0 Å². The molecule has 5 rings (SSSR count). The smallest absolute Gasteiger partial charge is 0.255 e. The number of benzene rings is 1. The highest BCUT2D eigenvalue weighted by Crippen LogP contribution is 2.32. The fourth-order valence-corrected chi connectivity index (χ4v) is 4.34. The van der Waals surface area contributed by atoms with Gasteiger partial charge in [-0.3, -0.25) is 4.98 Å². The maximum Gasteiger partial charge on any atom is 0.255 e. The van der Waals surface area contributed by atoms with Gasteiger partial charge in [-0.1, -0.05) is 12.1 Å². The minimum atomic E-state index is -2.70. The van der Waals surface area contributed by atoms with Crippen LogP contribution in [0.2, 0.25) is 0 Å². The van der Waals surface area contributed by atoms with Crippen molar-refractivity contribution in [3.05, 3.63) is 42.7 Å². The Morgan fingerprint density at radius 1 is 1.03 bits per heavy atom. The van der Waals surface area contributed by atoms with Crippen molar-refractivity contribution in [2.45, 2.75) is 12.3 Å². The molecular formula is C23H27F2N7. The summed E-state index contributed by atoms with van der Waals surface area (Å²) >= 11 is 0. The first-order valence-electron chi connectivity index (χ1n) is 11.1. The van der Waals surface area contributed by atoms with Gasteiger partial charge in [0.25, 0.3) is 5.92 Å². The second kappa shape index (κ2) is 8.91. The number of aromatic nitrogens is 3. The van der Waals surface area contributed by atoms with E-state index in [-0.39, 0.29) is 19.5 Å². The predicted molar refractivity (Wildman–Crippen MR) is 122 cm³/mol. The van der Waals surface area contributed by atoms with Crippen LogP contribution < -0.4 is 20.9 Å². The predicted octanol–water partition coefficient (Wildman–Crippen LogP) is 2.76. The van der Waals surface area contributed by atoms with Crippen molar-refractivity contribution < 1.29 is 8.78 Å². The number of fused-ring (bicyclic) bond motifs is 1. The Labute approximate surface area is 185 Å². The fraction of sp³-hybridized carbons (Fsp3) is 0.435. The van der Waals surface area contributed by atoms with Crippen LogP contribution in [0.4, 0.5) is 20.3 Å². The molecule has 0 radical (unpaired) electrons. The Morgan fingerprint density at radius 3 is 2.59 bits per heavy atom. The van der Waals surface area contributed by atoms with Crippen molar-refractivity contribution in [3.63, 3.8) is 0 Å². The molecule has 4 heterocycles. The molecule has 2 fully saturated rings. The summed E-state index contributed by atoms with van der Waals surface area (Å²) in [6.45, 7) is 4.67. The van der Waals surface area contributed by atoms with Crippen molar-refractivity contribution in [3.8, 4) is 11.3 Å². The fourth-order valence-electron chi connectivity index (χ4n) is 4.34. The van der Waals surface area contributed by atoms with Gasteiger partial charge in [-0.2, -0.15) is 0 Å². The first-order valence-corrected chi connectivity index (χ1v) is 11.1. The third-order valence-corrected chi connectivity index (χ3v) is 6.24. The van der Waals surface area contributed by atoms with E-state index in [1.807, 2.05) is 18.2 Å². The highest BCUT2D eigenvalue weighted by atomic mass is 19.3. The van der Waals surface area contributed by atoms with Crippen LogP contribution in [-0.4, -0.2) is 66.7 Å². The van der Waals surface area contributed by atoms with Gasteiger partial charge in [0.05, 0.1) is 17.1 Å². The average molecular weight is 440 g/mol. The molecule has 2 aliphatic heterocycles. The molecule has 1 aromatic carbocycles. The lowest BCUT2D eigenvalue weighted by Gasteiger charge is -2.32. The Balaban J connectivity index is 1.41. The lowest BCUT2D eigenvalue weighted by Crippen LogP contribution is -2.47. The topological polar surface area (TPSA) is 78.0 Å². The summed E-state index contributed by atoms with van der Waals surface area (Å²) in [5.74, 6) is -3.01. The van der Waals surface area contributed by atoms with Crippen molar-refractivity contribution >= 4 is 22.5 Å². The van der Waals surface area contributed by atoms with Gasteiger partial charge in [-0.05, 0) is 18.2 Å². The number of hydrogen-bond acceptors (Lipinski definition) is 7. The normalized spacial score (nSPS) is 20.9. The molecule has 9 heteroatoms. The van der Waals surface area contributed by atoms with E-state index in [2.05, 4.69) is 43.0 Å². The molecule has 3 aromatic rings. The molecule has 2 aliphatic rings. The van der Waals surface area contributed by atoms with Gasteiger partial charge in [0.15, 0.2) is 5.82 Å². The molecule has 0 amide bonds. The first-order chi connectivity index (χ1) is 15.6. The second-order valence-corrected chi connectivity index (χ2v) is 8.36. The van der Waals surface area contributed by atoms with E-state index in [9.17, 15) is 8.78 Å². The summed E-state index contributed by atoms with van der Waals surface area (Å²) < 4.78 is 28.6. The van der Waals surface area contributed by atoms with Crippen LogP contribution >= 0.6 is 0 Å². The zero-order chi connectivity index (χ0) is 22.0. The van der Waals surface area contributed by atoms with E-state index >= 15 is 0 Å². The summed E-state index contributed by atoms with van der Waals surface area (Å²) in [4.78, 5) is 15.9. The van der Waals surface area contributed by atoms with Crippen LogP contribution in [0, 0.1) is 5.92 Å². The van der Waals surface area contributed by atoms with Crippen molar-refractivity contribution in [1.29, 1.82) is 0 Å². The SMILES string of the molecule is FC1(F)CCNCC1CNc1nc(-c2ccc(N3CCNCC3)cc2)cc2nccnc12. The van der Waals surface area contributed by atoms with E-state index in [1.165, 1.54) is 5.69 Å².